The summed E-state index contributed by atoms with van der Waals surface area (Å²) in [4.78, 5) is 0. The highest BCUT2D eigenvalue weighted by atomic mass is 16.3. The van der Waals surface area contributed by atoms with E-state index in [1.54, 1.807) is 6.92 Å². The molecular weight excluding hydrogens is 106 g/mol. The first-order valence-corrected chi connectivity index (χ1v) is 2.33. The molecule has 0 saturated carbocycles. The number of hydrogen-bond donors (Lipinski definition) is 4. The molecule has 0 aliphatic heterocycles. The minimum absolute atomic E-state index is 0.0370. The molecule has 0 aromatic rings. The van der Waals surface area contributed by atoms with Gasteiger partial charge in [0.15, 0.2) is 0 Å². The van der Waals surface area contributed by atoms with Crippen molar-refractivity contribution in [2.24, 2.45) is 11.5 Å². The fourth-order valence-electron chi connectivity index (χ4n) is 0.269. The molecule has 4 heteroatoms. The fraction of sp³-hybridized carbons (Fsp3) is 0.750. The standard InChI is InChI=1S/C4H11N3O/c1-2(5)3(6)4(7)8/h2,4,6,8H,5,7H2,1H3. The molecule has 2 atom stereocenters. The molecule has 0 rings (SSSR count). The third-order valence-corrected chi connectivity index (χ3v) is 0.809. The van der Waals surface area contributed by atoms with Gasteiger partial charge in [0.1, 0.15) is 6.23 Å². The maximum absolute atomic E-state index is 8.46. The first kappa shape index (κ1) is 7.55. The molecule has 0 aliphatic rings. The molecule has 4 nitrogen and oxygen atoms in total. The third-order valence-electron chi connectivity index (χ3n) is 0.809. The van der Waals surface area contributed by atoms with Crippen LogP contribution < -0.4 is 11.5 Å². The molecule has 0 aromatic carbocycles. The van der Waals surface area contributed by atoms with Crippen molar-refractivity contribution >= 4 is 5.71 Å². The third kappa shape index (κ3) is 2.02. The summed E-state index contributed by atoms with van der Waals surface area (Å²) in [5.41, 5.74) is 10.0. The zero-order valence-electron chi connectivity index (χ0n) is 4.76. The molecule has 6 N–H and O–H groups in total. The highest BCUT2D eigenvalue weighted by molar-refractivity contribution is 5.89. The summed E-state index contributed by atoms with van der Waals surface area (Å²) in [5.74, 6) is 0. The van der Waals surface area contributed by atoms with Crippen molar-refractivity contribution < 1.29 is 5.11 Å². The maximum Gasteiger partial charge on any atom is 0.142 e. The molecule has 0 bridgehead atoms. The van der Waals surface area contributed by atoms with Gasteiger partial charge in [-0.3, -0.25) is 0 Å². The van der Waals surface area contributed by atoms with Crippen LogP contribution in [0.2, 0.25) is 0 Å². The van der Waals surface area contributed by atoms with Gasteiger partial charge in [0, 0.05) is 6.04 Å². The fourth-order valence-corrected chi connectivity index (χ4v) is 0.269. The highest BCUT2D eigenvalue weighted by Crippen LogP contribution is 1.81. The van der Waals surface area contributed by atoms with Gasteiger partial charge in [0.2, 0.25) is 0 Å². The van der Waals surface area contributed by atoms with Crippen LogP contribution in [0.3, 0.4) is 0 Å². The Morgan fingerprint density at radius 3 is 2.00 bits per heavy atom. The van der Waals surface area contributed by atoms with Crippen LogP contribution >= 0.6 is 0 Å². The van der Waals surface area contributed by atoms with Gasteiger partial charge in [-0.25, -0.2) is 0 Å². The second-order valence-corrected chi connectivity index (χ2v) is 1.69. The van der Waals surface area contributed by atoms with E-state index in [9.17, 15) is 0 Å². The Bertz CT molecular complexity index is 79.3. The highest BCUT2D eigenvalue weighted by Gasteiger charge is 2.07. The Kier molecular flexibility index (Phi) is 2.60. The van der Waals surface area contributed by atoms with Gasteiger partial charge in [0.25, 0.3) is 0 Å². The molecule has 0 radical (unpaired) electrons. The Morgan fingerprint density at radius 1 is 1.62 bits per heavy atom. The molecular formula is C4H11N3O. The summed E-state index contributed by atoms with van der Waals surface area (Å²) in [6.45, 7) is 1.60. The normalized spacial score (nSPS) is 17.5. The van der Waals surface area contributed by atoms with Crippen LogP contribution in [0.4, 0.5) is 0 Å². The van der Waals surface area contributed by atoms with E-state index in [4.69, 9.17) is 22.0 Å². The summed E-state index contributed by atoms with van der Waals surface area (Å²) in [5, 5.41) is 15.4. The predicted octanol–water partition coefficient (Wildman–Crippen LogP) is -1.37. The number of nitrogens with two attached hydrogens (primary N) is 2. The van der Waals surface area contributed by atoms with E-state index in [1.807, 2.05) is 0 Å². The number of aliphatic hydroxyl groups excluding tert-OH is 1. The summed E-state index contributed by atoms with van der Waals surface area (Å²) >= 11 is 0. The molecule has 0 aromatic heterocycles. The molecule has 0 heterocycles. The maximum atomic E-state index is 8.46. The SMILES string of the molecule is CC(N)C(=N)C(N)O. The van der Waals surface area contributed by atoms with Gasteiger partial charge in [0.05, 0.1) is 5.71 Å². The van der Waals surface area contributed by atoms with Crippen molar-refractivity contribution in [2.45, 2.75) is 19.2 Å². The molecule has 0 fully saturated rings. The van der Waals surface area contributed by atoms with Crippen LogP contribution in [0.1, 0.15) is 6.92 Å². The van der Waals surface area contributed by atoms with Gasteiger partial charge in [-0.15, -0.1) is 0 Å². The van der Waals surface area contributed by atoms with Crippen LogP contribution in [0.15, 0.2) is 0 Å². The lowest BCUT2D eigenvalue weighted by Crippen LogP contribution is -2.40. The summed E-state index contributed by atoms with van der Waals surface area (Å²) < 4.78 is 0. The van der Waals surface area contributed by atoms with Gasteiger partial charge in [-0.2, -0.15) is 0 Å². The van der Waals surface area contributed by atoms with Gasteiger partial charge >= 0.3 is 0 Å². The Hall–Kier alpha value is -0.450. The van der Waals surface area contributed by atoms with Crippen LogP contribution in [-0.4, -0.2) is 23.1 Å². The van der Waals surface area contributed by atoms with Crippen molar-refractivity contribution in [1.82, 2.24) is 0 Å². The zero-order valence-corrected chi connectivity index (χ0v) is 4.76. The van der Waals surface area contributed by atoms with Gasteiger partial charge < -0.3 is 22.0 Å². The lowest BCUT2D eigenvalue weighted by molar-refractivity contribution is 0.245. The second kappa shape index (κ2) is 2.76. The smallest absolute Gasteiger partial charge is 0.142 e. The minimum atomic E-state index is -1.20. The topological polar surface area (TPSA) is 96.1 Å². The van der Waals surface area contributed by atoms with E-state index in [1.165, 1.54) is 0 Å². The Morgan fingerprint density at radius 2 is 2.00 bits per heavy atom. The summed E-state index contributed by atoms with van der Waals surface area (Å²) in [6, 6.07) is -0.449. The van der Waals surface area contributed by atoms with Crippen molar-refractivity contribution in [3.8, 4) is 0 Å². The number of aliphatic hydroxyl groups is 1. The zero-order chi connectivity index (χ0) is 6.73. The second-order valence-electron chi connectivity index (χ2n) is 1.69. The van der Waals surface area contributed by atoms with Crippen LogP contribution in [0, 0.1) is 5.41 Å². The van der Waals surface area contributed by atoms with Crippen LogP contribution in [0.5, 0.6) is 0 Å². The average Bonchev–Trinajstić information content (AvgIpc) is 1.64. The summed E-state index contributed by atoms with van der Waals surface area (Å²) in [6.07, 6.45) is -1.20. The summed E-state index contributed by atoms with van der Waals surface area (Å²) in [7, 11) is 0. The molecule has 0 spiro atoms. The van der Waals surface area contributed by atoms with E-state index in [0.29, 0.717) is 0 Å². The number of rotatable bonds is 2. The van der Waals surface area contributed by atoms with E-state index in [2.05, 4.69) is 0 Å². The number of hydrogen-bond acceptors (Lipinski definition) is 4. The van der Waals surface area contributed by atoms with Crippen molar-refractivity contribution in [3.63, 3.8) is 0 Å². The van der Waals surface area contributed by atoms with E-state index >= 15 is 0 Å². The largest absolute Gasteiger partial charge is 0.373 e. The number of nitrogens with one attached hydrogen (secondary N) is 1. The molecule has 0 amide bonds. The Balaban J connectivity index is 3.65. The molecule has 8 heavy (non-hydrogen) atoms. The average molecular weight is 117 g/mol. The van der Waals surface area contributed by atoms with E-state index in [0.717, 1.165) is 0 Å². The molecule has 0 aliphatic carbocycles. The lowest BCUT2D eigenvalue weighted by Gasteiger charge is -2.08. The predicted molar refractivity (Wildman–Crippen MR) is 31.6 cm³/mol. The van der Waals surface area contributed by atoms with Crippen molar-refractivity contribution in [1.29, 1.82) is 5.41 Å². The first-order chi connectivity index (χ1) is 3.55. The van der Waals surface area contributed by atoms with Gasteiger partial charge in [-0.1, -0.05) is 0 Å². The quantitative estimate of drug-likeness (QED) is 0.265. The Labute approximate surface area is 48.0 Å². The molecule has 0 saturated heterocycles. The van der Waals surface area contributed by atoms with Crippen LogP contribution in [0.25, 0.3) is 0 Å². The van der Waals surface area contributed by atoms with Crippen LogP contribution in [-0.2, 0) is 0 Å². The molecule has 48 valence electrons. The monoisotopic (exact) mass is 117 g/mol. The lowest BCUT2D eigenvalue weighted by atomic mass is 10.2. The van der Waals surface area contributed by atoms with E-state index in [-0.39, 0.29) is 5.71 Å². The molecule has 2 unspecified atom stereocenters. The van der Waals surface area contributed by atoms with Crippen molar-refractivity contribution in [3.05, 3.63) is 0 Å². The first-order valence-electron chi connectivity index (χ1n) is 2.33. The minimum Gasteiger partial charge on any atom is -0.373 e. The van der Waals surface area contributed by atoms with Crippen molar-refractivity contribution in [2.75, 3.05) is 0 Å². The van der Waals surface area contributed by atoms with E-state index < -0.39 is 12.3 Å². The van der Waals surface area contributed by atoms with Gasteiger partial charge in [-0.05, 0) is 6.92 Å².